The summed E-state index contributed by atoms with van der Waals surface area (Å²) in [5.74, 6) is -1.25. The van der Waals surface area contributed by atoms with Crippen LogP contribution in [0.2, 0.25) is 0 Å². The van der Waals surface area contributed by atoms with Crippen LogP contribution in [0.15, 0.2) is 24.3 Å². The first kappa shape index (κ1) is 18.3. The van der Waals surface area contributed by atoms with Crippen molar-refractivity contribution in [3.8, 4) is 5.75 Å². The Hall–Kier alpha value is -1.72. The van der Waals surface area contributed by atoms with E-state index in [0.29, 0.717) is 5.56 Å². The Bertz CT molecular complexity index is 512. The molecule has 124 valence electrons. The summed E-state index contributed by atoms with van der Waals surface area (Å²) in [4.78, 5) is 11.6. The van der Waals surface area contributed by atoms with E-state index in [2.05, 4.69) is 0 Å². The lowest BCUT2D eigenvalue weighted by atomic mass is 9.91. The lowest BCUT2D eigenvalue weighted by Gasteiger charge is -2.36. The molecule has 0 fully saturated rings. The molecule has 0 saturated carbocycles. The quantitative estimate of drug-likeness (QED) is 0.739. The monoisotopic (exact) mass is 318 g/mol. The fourth-order valence-electron chi connectivity index (χ4n) is 1.85. The third-order valence-electron chi connectivity index (χ3n) is 3.60. The lowest BCUT2D eigenvalue weighted by molar-refractivity contribution is -0.256. The van der Waals surface area contributed by atoms with Gasteiger partial charge in [-0.1, -0.05) is 32.0 Å². The number of alkyl halides is 3. The zero-order valence-corrected chi connectivity index (χ0v) is 13.2. The summed E-state index contributed by atoms with van der Waals surface area (Å²) >= 11 is 0. The van der Waals surface area contributed by atoms with Crippen LogP contribution in [0.25, 0.3) is 0 Å². The number of carbonyl (C=O) groups is 1. The van der Waals surface area contributed by atoms with Crippen molar-refractivity contribution >= 4 is 5.97 Å². The van der Waals surface area contributed by atoms with Gasteiger partial charge in [0.15, 0.2) is 0 Å². The van der Waals surface area contributed by atoms with Crippen LogP contribution in [-0.2, 0) is 16.0 Å². The number of para-hydroxylation sites is 1. The molecule has 0 aromatic heterocycles. The average Bonchev–Trinajstić information content (AvgIpc) is 2.39. The Balaban J connectivity index is 3.09. The molecule has 1 aromatic carbocycles. The van der Waals surface area contributed by atoms with Gasteiger partial charge in [0.1, 0.15) is 5.75 Å². The zero-order valence-electron chi connectivity index (χ0n) is 13.2. The van der Waals surface area contributed by atoms with Gasteiger partial charge in [-0.05, 0) is 19.9 Å². The molecule has 1 rings (SSSR count). The van der Waals surface area contributed by atoms with E-state index in [-0.39, 0.29) is 18.8 Å². The maximum absolute atomic E-state index is 13.3. The molecular formula is C16H21F3O3. The summed E-state index contributed by atoms with van der Waals surface area (Å²) < 4.78 is 50.2. The van der Waals surface area contributed by atoms with E-state index in [1.807, 2.05) is 0 Å². The molecule has 22 heavy (non-hydrogen) atoms. The van der Waals surface area contributed by atoms with Crippen LogP contribution in [0.5, 0.6) is 5.75 Å². The van der Waals surface area contributed by atoms with E-state index < -0.39 is 23.7 Å². The number of hydrogen-bond acceptors (Lipinski definition) is 3. The highest BCUT2D eigenvalue weighted by molar-refractivity contribution is 5.73. The van der Waals surface area contributed by atoms with Crippen LogP contribution >= 0.6 is 0 Å². The van der Waals surface area contributed by atoms with Crippen LogP contribution in [-0.4, -0.2) is 24.4 Å². The van der Waals surface area contributed by atoms with E-state index >= 15 is 0 Å². The average molecular weight is 318 g/mol. The minimum absolute atomic E-state index is 0.0454. The summed E-state index contributed by atoms with van der Waals surface area (Å²) in [6.45, 7) is 5.79. The molecule has 3 nitrogen and oxygen atoms in total. The van der Waals surface area contributed by atoms with Gasteiger partial charge in [-0.3, -0.25) is 4.79 Å². The number of hydrogen-bond donors (Lipinski definition) is 0. The second kappa shape index (κ2) is 7.03. The maximum Gasteiger partial charge on any atom is 0.428 e. The van der Waals surface area contributed by atoms with E-state index in [1.165, 1.54) is 19.9 Å². The number of esters is 1. The molecule has 0 spiro atoms. The molecule has 0 bridgehead atoms. The zero-order chi connectivity index (χ0) is 17.0. The third-order valence-corrected chi connectivity index (χ3v) is 3.60. The van der Waals surface area contributed by atoms with Crippen molar-refractivity contribution in [2.24, 2.45) is 5.92 Å². The fraction of sp³-hybridized carbons (Fsp3) is 0.562. The van der Waals surface area contributed by atoms with Gasteiger partial charge in [-0.25, -0.2) is 0 Å². The Kier molecular flexibility index (Phi) is 5.85. The summed E-state index contributed by atoms with van der Waals surface area (Å²) in [5.41, 5.74) is -1.96. The molecule has 0 radical (unpaired) electrons. The normalized spacial score (nSPS) is 14.5. The van der Waals surface area contributed by atoms with Crippen LogP contribution < -0.4 is 4.74 Å². The highest BCUT2D eigenvalue weighted by atomic mass is 19.4. The van der Waals surface area contributed by atoms with Crippen molar-refractivity contribution in [1.29, 1.82) is 0 Å². The first-order chi connectivity index (χ1) is 10.1. The molecule has 0 aliphatic carbocycles. The van der Waals surface area contributed by atoms with Gasteiger partial charge in [-0.15, -0.1) is 0 Å². The minimum atomic E-state index is -4.53. The standard InChI is InChI=1S/C16H21F3O3/c1-5-21-14(20)10-12-8-6-7-9-13(12)22-15(4,11(2)3)16(17,18)19/h6-9,11H,5,10H2,1-4H3. The fourth-order valence-corrected chi connectivity index (χ4v) is 1.85. The Labute approximate surface area is 128 Å². The SMILES string of the molecule is CCOC(=O)Cc1ccccc1OC(C)(C(C)C)C(F)(F)F. The van der Waals surface area contributed by atoms with Gasteiger partial charge in [0.2, 0.25) is 5.60 Å². The molecule has 0 aliphatic heterocycles. The molecule has 1 atom stereocenters. The summed E-state index contributed by atoms with van der Waals surface area (Å²) in [5, 5.41) is 0. The number of rotatable bonds is 6. The molecule has 0 heterocycles. The predicted molar refractivity (Wildman–Crippen MR) is 76.7 cm³/mol. The van der Waals surface area contributed by atoms with Gasteiger partial charge >= 0.3 is 12.1 Å². The van der Waals surface area contributed by atoms with E-state index in [9.17, 15) is 18.0 Å². The minimum Gasteiger partial charge on any atom is -0.478 e. The Morgan fingerprint density at radius 3 is 2.32 bits per heavy atom. The van der Waals surface area contributed by atoms with Crippen molar-refractivity contribution < 1.29 is 27.4 Å². The van der Waals surface area contributed by atoms with Crippen LogP contribution in [0.1, 0.15) is 33.3 Å². The van der Waals surface area contributed by atoms with E-state index in [1.54, 1.807) is 25.1 Å². The molecule has 1 aromatic rings. The van der Waals surface area contributed by atoms with Gasteiger partial charge < -0.3 is 9.47 Å². The van der Waals surface area contributed by atoms with Crippen LogP contribution in [0.4, 0.5) is 13.2 Å². The maximum atomic E-state index is 13.3. The van der Waals surface area contributed by atoms with Gasteiger partial charge in [0, 0.05) is 11.5 Å². The second-order valence-electron chi connectivity index (χ2n) is 5.45. The highest BCUT2D eigenvalue weighted by Gasteiger charge is 2.55. The number of carbonyl (C=O) groups excluding carboxylic acids is 1. The molecule has 0 amide bonds. The first-order valence-electron chi connectivity index (χ1n) is 7.11. The molecule has 1 unspecified atom stereocenters. The largest absolute Gasteiger partial charge is 0.478 e. The molecular weight excluding hydrogens is 297 g/mol. The third kappa shape index (κ3) is 4.15. The van der Waals surface area contributed by atoms with Crippen molar-refractivity contribution in [2.45, 2.75) is 45.9 Å². The number of halogens is 3. The predicted octanol–water partition coefficient (Wildman–Crippen LogP) is 4.15. The molecule has 0 saturated heterocycles. The molecule has 6 heteroatoms. The lowest BCUT2D eigenvalue weighted by Crippen LogP contribution is -2.52. The highest BCUT2D eigenvalue weighted by Crippen LogP contribution is 2.40. The van der Waals surface area contributed by atoms with Gasteiger partial charge in [-0.2, -0.15) is 13.2 Å². The number of benzene rings is 1. The summed E-state index contributed by atoms with van der Waals surface area (Å²) in [6, 6.07) is 6.20. The number of ether oxygens (including phenoxy) is 2. The van der Waals surface area contributed by atoms with E-state index in [0.717, 1.165) is 6.92 Å². The summed E-state index contributed by atoms with van der Waals surface area (Å²) in [6.07, 6.45) is -4.66. The van der Waals surface area contributed by atoms with Crippen molar-refractivity contribution in [3.63, 3.8) is 0 Å². The van der Waals surface area contributed by atoms with Crippen LogP contribution in [0.3, 0.4) is 0 Å². The van der Waals surface area contributed by atoms with Crippen molar-refractivity contribution in [1.82, 2.24) is 0 Å². The van der Waals surface area contributed by atoms with Crippen LogP contribution in [0, 0.1) is 5.92 Å². The first-order valence-corrected chi connectivity index (χ1v) is 7.11. The van der Waals surface area contributed by atoms with Crippen molar-refractivity contribution in [2.75, 3.05) is 6.61 Å². The molecule has 0 N–H and O–H groups in total. The Morgan fingerprint density at radius 2 is 1.82 bits per heavy atom. The van der Waals surface area contributed by atoms with Gasteiger partial charge in [0.05, 0.1) is 13.0 Å². The van der Waals surface area contributed by atoms with E-state index in [4.69, 9.17) is 9.47 Å². The second-order valence-corrected chi connectivity index (χ2v) is 5.45. The summed E-state index contributed by atoms with van der Waals surface area (Å²) in [7, 11) is 0. The smallest absolute Gasteiger partial charge is 0.428 e. The molecule has 0 aliphatic rings. The topological polar surface area (TPSA) is 35.5 Å². The Morgan fingerprint density at radius 1 is 1.23 bits per heavy atom. The van der Waals surface area contributed by atoms with Gasteiger partial charge in [0.25, 0.3) is 0 Å². The van der Waals surface area contributed by atoms with Crippen molar-refractivity contribution in [3.05, 3.63) is 29.8 Å².